The van der Waals surface area contributed by atoms with E-state index in [0.717, 1.165) is 54.1 Å². The molecule has 1 aliphatic carbocycles. The van der Waals surface area contributed by atoms with Crippen molar-refractivity contribution in [2.24, 2.45) is 34.2 Å². The van der Waals surface area contributed by atoms with Gasteiger partial charge in [0.2, 0.25) is 29.5 Å². The highest BCUT2D eigenvalue weighted by Gasteiger charge is 2.40. The minimum absolute atomic E-state index is 0.0853. The van der Waals surface area contributed by atoms with E-state index < -0.39 is 59.6 Å². The number of hydrogen-bond acceptors (Lipinski definition) is 8. The van der Waals surface area contributed by atoms with Crippen molar-refractivity contribution in [3.05, 3.63) is 71.9 Å². The van der Waals surface area contributed by atoms with Crippen LogP contribution in [0.3, 0.4) is 0 Å². The number of nitrogens with two attached hydrogens (primary N) is 2. The molecule has 1 saturated carbocycles. The number of ketones is 2. The number of guanidine groups is 1. The molecule has 3 aromatic rings. The number of carbonyl (C=O) groups excluding carboxylic acids is 7. The topological polar surface area (TPSA) is 251 Å². The summed E-state index contributed by atoms with van der Waals surface area (Å²) in [5.41, 5.74) is 13.7. The monoisotopic (exact) mass is 894 g/mol. The molecule has 16 heteroatoms. The Morgan fingerprint density at radius 2 is 1.58 bits per heavy atom. The number of aromatic nitrogens is 1. The van der Waals surface area contributed by atoms with Crippen molar-refractivity contribution in [1.82, 2.24) is 31.2 Å². The first-order valence-corrected chi connectivity index (χ1v) is 23.5. The summed E-state index contributed by atoms with van der Waals surface area (Å²) in [5, 5.41) is 12.6. The molecular weight excluding hydrogens is 827 g/mol. The lowest BCUT2D eigenvalue weighted by Crippen LogP contribution is -2.56. The zero-order valence-corrected chi connectivity index (χ0v) is 37.7. The quantitative estimate of drug-likeness (QED) is 0.0753. The summed E-state index contributed by atoms with van der Waals surface area (Å²) in [4.78, 5) is 108. The third kappa shape index (κ3) is 14.0. The summed E-state index contributed by atoms with van der Waals surface area (Å²) in [5.74, 6) is -4.13. The maximum Gasteiger partial charge on any atom is 0.245 e. The molecule has 6 rings (SSSR count). The number of hydrogen-bond donors (Lipinski definition) is 7. The Labute approximate surface area is 381 Å². The molecule has 0 unspecified atom stereocenters. The van der Waals surface area contributed by atoms with E-state index in [0.29, 0.717) is 32.2 Å². The van der Waals surface area contributed by atoms with E-state index >= 15 is 0 Å². The van der Waals surface area contributed by atoms with Gasteiger partial charge in [0.15, 0.2) is 17.5 Å². The van der Waals surface area contributed by atoms with Crippen LogP contribution in [0, 0.1) is 17.8 Å². The predicted molar refractivity (Wildman–Crippen MR) is 248 cm³/mol. The van der Waals surface area contributed by atoms with Gasteiger partial charge in [-0.3, -0.25) is 38.6 Å². The van der Waals surface area contributed by atoms with Crippen molar-refractivity contribution < 1.29 is 33.6 Å². The maximum atomic E-state index is 14.7. The summed E-state index contributed by atoms with van der Waals surface area (Å²) < 4.78 is 0. The minimum Gasteiger partial charge on any atom is -0.370 e. The van der Waals surface area contributed by atoms with Gasteiger partial charge in [0, 0.05) is 81.2 Å². The highest BCUT2D eigenvalue weighted by Crippen LogP contribution is 2.32. The van der Waals surface area contributed by atoms with Crippen molar-refractivity contribution in [1.29, 1.82) is 0 Å². The van der Waals surface area contributed by atoms with Crippen LogP contribution >= 0.6 is 0 Å². The summed E-state index contributed by atoms with van der Waals surface area (Å²) in [7, 11) is 0. The largest absolute Gasteiger partial charge is 0.370 e. The van der Waals surface area contributed by atoms with Gasteiger partial charge in [-0.2, -0.15) is 0 Å². The number of para-hydroxylation sites is 1. The molecule has 2 saturated heterocycles. The zero-order valence-electron chi connectivity index (χ0n) is 37.7. The van der Waals surface area contributed by atoms with Gasteiger partial charge in [-0.15, -0.1) is 0 Å². The van der Waals surface area contributed by atoms with Gasteiger partial charge in [0.1, 0.15) is 12.1 Å². The van der Waals surface area contributed by atoms with Crippen LogP contribution in [-0.4, -0.2) is 101 Å². The summed E-state index contributed by atoms with van der Waals surface area (Å²) in [6.45, 7) is 1.98. The molecule has 5 amide bonds. The fraction of sp³-hybridized carbons (Fsp3) is 0.551. The Morgan fingerprint density at radius 1 is 0.846 bits per heavy atom. The van der Waals surface area contributed by atoms with Crippen molar-refractivity contribution in [3.63, 3.8) is 0 Å². The maximum absolute atomic E-state index is 14.7. The molecule has 3 aliphatic rings. The molecule has 0 bridgehead atoms. The highest BCUT2D eigenvalue weighted by molar-refractivity contribution is 5.98. The number of amides is 5. The van der Waals surface area contributed by atoms with E-state index in [-0.39, 0.29) is 87.4 Å². The van der Waals surface area contributed by atoms with Crippen LogP contribution < -0.4 is 32.7 Å². The number of benzene rings is 2. The van der Waals surface area contributed by atoms with Gasteiger partial charge in [-0.1, -0.05) is 80.6 Å². The lowest BCUT2D eigenvalue weighted by atomic mass is 9.80. The summed E-state index contributed by atoms with van der Waals surface area (Å²) in [6, 6.07) is 13.1. The van der Waals surface area contributed by atoms with Crippen molar-refractivity contribution >= 4 is 58.0 Å². The molecule has 2 aliphatic heterocycles. The van der Waals surface area contributed by atoms with Crippen molar-refractivity contribution in [2.75, 3.05) is 19.6 Å². The van der Waals surface area contributed by atoms with Gasteiger partial charge in [-0.25, -0.2) is 0 Å². The van der Waals surface area contributed by atoms with Crippen LogP contribution in [0.5, 0.6) is 0 Å². The van der Waals surface area contributed by atoms with Crippen molar-refractivity contribution in [2.45, 2.75) is 134 Å². The van der Waals surface area contributed by atoms with E-state index in [1.807, 2.05) is 60.8 Å². The second-order valence-corrected chi connectivity index (χ2v) is 18.2. The Kier molecular flexibility index (Phi) is 17.7. The number of aliphatic imine (C=N–C) groups is 1. The third-order valence-electron chi connectivity index (χ3n) is 13.3. The molecule has 1 aromatic heterocycles. The molecule has 3 fully saturated rings. The predicted octanol–water partition coefficient (Wildman–Crippen LogP) is 3.50. The first-order chi connectivity index (χ1) is 31.4. The van der Waals surface area contributed by atoms with Gasteiger partial charge in [-0.05, 0) is 68.1 Å². The summed E-state index contributed by atoms with van der Waals surface area (Å²) in [6.07, 6.45) is 9.48. The fourth-order valence-corrected chi connectivity index (χ4v) is 9.86. The summed E-state index contributed by atoms with van der Waals surface area (Å²) >= 11 is 0. The van der Waals surface area contributed by atoms with Gasteiger partial charge in [0.05, 0.1) is 12.1 Å². The molecule has 2 aromatic carbocycles. The number of nitrogens with one attached hydrogen (secondary N) is 5. The van der Waals surface area contributed by atoms with Crippen LogP contribution in [0.2, 0.25) is 0 Å². The van der Waals surface area contributed by atoms with E-state index in [1.54, 1.807) is 0 Å². The molecule has 0 radical (unpaired) electrons. The number of nitrogens with zero attached hydrogens (tertiary/aromatic N) is 2. The van der Waals surface area contributed by atoms with E-state index in [2.05, 4.69) is 31.2 Å². The normalized spacial score (nSPS) is 23.7. The Balaban J connectivity index is 1.31. The molecule has 0 spiro atoms. The zero-order chi connectivity index (χ0) is 46.3. The second kappa shape index (κ2) is 23.7. The average molecular weight is 894 g/mol. The number of Topliss-reactive ketones (excluding diaryl/α,β-unsaturated/α-hetero) is 2. The first kappa shape index (κ1) is 48.4. The van der Waals surface area contributed by atoms with Crippen LogP contribution in [0.25, 0.3) is 10.9 Å². The Morgan fingerprint density at radius 3 is 2.34 bits per heavy atom. The molecular formula is C49H67N9O7. The lowest BCUT2D eigenvalue weighted by molar-refractivity contribution is -0.142. The minimum atomic E-state index is -1.08. The Hall–Kier alpha value is -6.06. The van der Waals surface area contributed by atoms with Crippen molar-refractivity contribution in [3.8, 4) is 0 Å². The molecule has 16 nitrogen and oxygen atoms in total. The first-order valence-electron chi connectivity index (χ1n) is 23.5. The van der Waals surface area contributed by atoms with Gasteiger partial charge >= 0.3 is 0 Å². The van der Waals surface area contributed by atoms with E-state index in [4.69, 9.17) is 11.5 Å². The smallest absolute Gasteiger partial charge is 0.245 e. The fourth-order valence-electron chi connectivity index (χ4n) is 9.86. The molecule has 6 atom stereocenters. The van der Waals surface area contributed by atoms with E-state index in [9.17, 15) is 33.6 Å². The van der Waals surface area contributed by atoms with Gasteiger partial charge in [0.25, 0.3) is 0 Å². The van der Waals surface area contributed by atoms with Gasteiger partial charge < -0.3 is 42.6 Å². The standard InChI is InChI=1S/C49H67N9O7/c1-31(59)55-41(26-33-15-6-3-7-16-33)47(64)56-39-20-11-22-52-45(62)34(17-10-23-53-49(50)51)28-43(60)40(27-36-30-54-38-19-9-8-18-37(36)38)57-46(63)35(25-32-13-4-2-5-14-32)29-44(61)42-21-12-24-58(42)48(39)65/h3,6-9,15-16,18-19,30,32,34-35,39-42,54H,2,4-5,10-14,17,20-29H2,1H3,(H,52,62)(H,55,59)(H,56,64)(H,57,63)(H4,50,51,53)/t34-,35+,39+,40+,41-,42+/m1/s1. The number of H-pyrrole nitrogens is 1. The Bertz CT molecular complexity index is 2160. The number of aromatic amines is 1. The van der Waals surface area contributed by atoms with Crippen LogP contribution in [0.15, 0.2) is 65.8 Å². The van der Waals surface area contributed by atoms with E-state index in [1.165, 1.54) is 11.8 Å². The number of rotatable bonds is 13. The molecule has 3 heterocycles. The molecule has 65 heavy (non-hydrogen) atoms. The highest BCUT2D eigenvalue weighted by atomic mass is 16.2. The van der Waals surface area contributed by atoms with Crippen LogP contribution in [-0.2, 0) is 46.4 Å². The molecule has 350 valence electrons. The van der Waals surface area contributed by atoms with Crippen LogP contribution in [0.1, 0.15) is 108 Å². The second-order valence-electron chi connectivity index (χ2n) is 18.2. The molecule has 9 N–H and O–H groups in total. The third-order valence-corrected chi connectivity index (χ3v) is 13.3. The number of carbonyl (C=O) groups is 7. The number of fused-ring (bicyclic) bond motifs is 2. The lowest BCUT2D eigenvalue weighted by Gasteiger charge is -2.32. The average Bonchev–Trinajstić information content (AvgIpc) is 3.95. The SMILES string of the molecule is CC(=O)N[C@H](Cc1ccccc1)C(=O)N[C@H]1CCCNC(=O)[C@H](CCCN=C(N)N)CC(=O)[C@H](Cc2c[nH]c3ccccc23)NC(=O)[C@@H](CC2CCCCC2)CC(=O)[C@@H]2CCCN2C1=O. The van der Waals surface area contributed by atoms with Crippen LogP contribution in [0.4, 0.5) is 0 Å².